The van der Waals surface area contributed by atoms with Crippen molar-refractivity contribution in [3.05, 3.63) is 58.6 Å². The highest BCUT2D eigenvalue weighted by atomic mass is 35.5. The Morgan fingerprint density at radius 1 is 1.17 bits per heavy atom. The van der Waals surface area contributed by atoms with Crippen LogP contribution in [0.1, 0.15) is 24.0 Å². The van der Waals surface area contributed by atoms with Crippen LogP contribution < -0.4 is 10.0 Å². The Hall–Kier alpha value is -2.07. The summed E-state index contributed by atoms with van der Waals surface area (Å²) in [7, 11) is -3.42. The molecular weight excluding hydrogens is 346 g/mol. The van der Waals surface area contributed by atoms with Crippen LogP contribution in [0, 0.1) is 11.3 Å². The van der Waals surface area contributed by atoms with Gasteiger partial charge in [0.1, 0.15) is 6.07 Å². The Bertz CT molecular complexity index is 885. The molecule has 0 unspecified atom stereocenters. The van der Waals surface area contributed by atoms with Crippen LogP contribution in [0.2, 0.25) is 5.02 Å². The summed E-state index contributed by atoms with van der Waals surface area (Å²) in [6.45, 7) is 0.479. The number of benzene rings is 2. The Labute approximate surface area is 146 Å². The zero-order valence-corrected chi connectivity index (χ0v) is 14.4. The van der Waals surface area contributed by atoms with Crippen LogP contribution in [-0.2, 0) is 16.6 Å². The minimum Gasteiger partial charge on any atom is -0.380 e. The van der Waals surface area contributed by atoms with Crippen molar-refractivity contribution in [1.82, 2.24) is 4.72 Å². The van der Waals surface area contributed by atoms with Gasteiger partial charge in [-0.15, -0.1) is 0 Å². The third-order valence-corrected chi connectivity index (χ3v) is 5.49. The van der Waals surface area contributed by atoms with Crippen LogP contribution in [-0.4, -0.2) is 14.5 Å². The Morgan fingerprint density at radius 3 is 2.50 bits per heavy atom. The molecule has 2 aromatic carbocycles. The van der Waals surface area contributed by atoms with E-state index < -0.39 is 10.0 Å². The smallest absolute Gasteiger partial charge is 0.240 e. The standard InChI is InChI=1S/C17H16ClN3O2S/c18-14-3-8-17(13(9-14)10-19)20-11-12-1-6-16(7-2-12)24(22,23)21-15-4-5-15/h1-3,6-9,15,20-21H,4-5,11H2. The van der Waals surface area contributed by atoms with Gasteiger partial charge in [0.15, 0.2) is 0 Å². The fourth-order valence-corrected chi connectivity index (χ4v) is 3.71. The first-order valence-corrected chi connectivity index (χ1v) is 9.39. The first kappa shape index (κ1) is 16.8. The second-order valence-corrected chi connectivity index (χ2v) is 7.85. The molecule has 0 radical (unpaired) electrons. The largest absolute Gasteiger partial charge is 0.380 e. The average molecular weight is 362 g/mol. The predicted molar refractivity (Wildman–Crippen MR) is 93.3 cm³/mol. The average Bonchev–Trinajstić information content (AvgIpc) is 3.37. The van der Waals surface area contributed by atoms with Crippen LogP contribution in [0.25, 0.3) is 0 Å². The van der Waals surface area contributed by atoms with E-state index in [1.165, 1.54) is 0 Å². The third kappa shape index (κ3) is 4.06. The molecule has 2 N–H and O–H groups in total. The van der Waals surface area contributed by atoms with Crippen LogP contribution in [0.4, 0.5) is 5.69 Å². The first-order valence-electron chi connectivity index (χ1n) is 7.53. The van der Waals surface area contributed by atoms with Crippen LogP contribution in [0.5, 0.6) is 0 Å². The molecule has 0 aromatic heterocycles. The molecule has 5 nitrogen and oxygen atoms in total. The Balaban J connectivity index is 1.67. The highest BCUT2D eigenvalue weighted by Gasteiger charge is 2.27. The van der Waals surface area contributed by atoms with E-state index in [1.807, 2.05) is 0 Å². The molecule has 3 rings (SSSR count). The molecule has 24 heavy (non-hydrogen) atoms. The number of halogens is 1. The summed E-state index contributed by atoms with van der Waals surface area (Å²) in [5.41, 5.74) is 2.07. The van der Waals surface area contributed by atoms with Crippen molar-refractivity contribution in [2.75, 3.05) is 5.32 Å². The first-order chi connectivity index (χ1) is 11.5. The van der Waals surface area contributed by atoms with E-state index in [9.17, 15) is 8.42 Å². The van der Waals surface area contributed by atoms with Crippen molar-refractivity contribution in [1.29, 1.82) is 5.26 Å². The van der Waals surface area contributed by atoms with Crippen molar-refractivity contribution in [2.24, 2.45) is 0 Å². The minimum absolute atomic E-state index is 0.0886. The quantitative estimate of drug-likeness (QED) is 0.827. The van der Waals surface area contributed by atoms with Crippen molar-refractivity contribution in [2.45, 2.75) is 30.3 Å². The topological polar surface area (TPSA) is 82.0 Å². The van der Waals surface area contributed by atoms with E-state index in [2.05, 4.69) is 16.1 Å². The summed E-state index contributed by atoms with van der Waals surface area (Å²) in [5, 5.41) is 12.8. The molecule has 1 saturated carbocycles. The minimum atomic E-state index is -3.42. The molecule has 1 fully saturated rings. The van der Waals surface area contributed by atoms with Gasteiger partial charge in [0.25, 0.3) is 0 Å². The lowest BCUT2D eigenvalue weighted by Gasteiger charge is -2.10. The number of nitrogens with zero attached hydrogens (tertiary/aromatic N) is 1. The maximum atomic E-state index is 12.1. The van der Waals surface area contributed by atoms with Crippen LogP contribution in [0.3, 0.4) is 0 Å². The molecule has 0 heterocycles. The SMILES string of the molecule is N#Cc1cc(Cl)ccc1NCc1ccc(S(=O)(=O)NC2CC2)cc1. The molecular formula is C17H16ClN3O2S. The van der Waals surface area contributed by atoms with Gasteiger partial charge in [-0.1, -0.05) is 23.7 Å². The van der Waals surface area contributed by atoms with Gasteiger partial charge in [-0.25, -0.2) is 13.1 Å². The number of anilines is 1. The van der Waals surface area contributed by atoms with Gasteiger partial charge in [-0.05, 0) is 48.7 Å². The van der Waals surface area contributed by atoms with E-state index in [1.54, 1.807) is 42.5 Å². The Kier molecular flexibility index (Phi) is 4.76. The highest BCUT2D eigenvalue weighted by molar-refractivity contribution is 7.89. The van der Waals surface area contributed by atoms with Crippen molar-refractivity contribution < 1.29 is 8.42 Å². The monoisotopic (exact) mass is 361 g/mol. The number of hydrogen-bond donors (Lipinski definition) is 2. The molecule has 0 aliphatic heterocycles. The van der Waals surface area contributed by atoms with Gasteiger partial charge < -0.3 is 5.32 Å². The fraction of sp³-hybridized carbons (Fsp3) is 0.235. The molecule has 7 heteroatoms. The Morgan fingerprint density at radius 2 is 1.88 bits per heavy atom. The van der Waals surface area contributed by atoms with Crippen LogP contribution in [0.15, 0.2) is 47.4 Å². The van der Waals surface area contributed by atoms with E-state index >= 15 is 0 Å². The van der Waals surface area contributed by atoms with E-state index in [0.29, 0.717) is 22.8 Å². The summed E-state index contributed by atoms with van der Waals surface area (Å²) in [5.74, 6) is 0. The molecule has 2 aromatic rings. The van der Waals surface area contributed by atoms with Gasteiger partial charge in [0, 0.05) is 17.6 Å². The third-order valence-electron chi connectivity index (χ3n) is 3.72. The zero-order chi connectivity index (χ0) is 17.2. The molecule has 124 valence electrons. The summed E-state index contributed by atoms with van der Waals surface area (Å²) in [6.07, 6.45) is 1.81. The lowest BCUT2D eigenvalue weighted by atomic mass is 10.1. The molecule has 0 spiro atoms. The normalized spacial score (nSPS) is 14.2. The molecule has 0 saturated heterocycles. The van der Waals surface area contributed by atoms with Gasteiger partial charge in [-0.2, -0.15) is 5.26 Å². The number of nitrogens with one attached hydrogen (secondary N) is 2. The maximum absolute atomic E-state index is 12.1. The van der Waals surface area contributed by atoms with Crippen molar-refractivity contribution in [3.8, 4) is 6.07 Å². The van der Waals surface area contributed by atoms with Gasteiger partial charge in [0.2, 0.25) is 10.0 Å². The number of hydrogen-bond acceptors (Lipinski definition) is 4. The van der Waals surface area contributed by atoms with Gasteiger partial charge >= 0.3 is 0 Å². The lowest BCUT2D eigenvalue weighted by molar-refractivity contribution is 0.581. The summed E-state index contributed by atoms with van der Waals surface area (Å²) < 4.78 is 26.9. The molecule has 0 atom stereocenters. The number of nitriles is 1. The maximum Gasteiger partial charge on any atom is 0.240 e. The van der Waals surface area contributed by atoms with Crippen LogP contribution >= 0.6 is 11.6 Å². The number of sulfonamides is 1. The molecule has 1 aliphatic rings. The second-order valence-electron chi connectivity index (χ2n) is 5.69. The lowest BCUT2D eigenvalue weighted by Crippen LogP contribution is -2.25. The van der Waals surface area contributed by atoms with Gasteiger partial charge in [-0.3, -0.25) is 0 Å². The summed E-state index contributed by atoms with van der Waals surface area (Å²) in [6, 6.07) is 13.9. The van der Waals surface area contributed by atoms with E-state index in [-0.39, 0.29) is 10.9 Å². The van der Waals surface area contributed by atoms with Gasteiger partial charge in [0.05, 0.1) is 16.1 Å². The fourth-order valence-electron chi connectivity index (χ4n) is 2.24. The molecule has 0 bridgehead atoms. The predicted octanol–water partition coefficient (Wildman–Crippen LogP) is 3.26. The summed E-state index contributed by atoms with van der Waals surface area (Å²) >= 11 is 5.87. The van der Waals surface area contributed by atoms with E-state index in [4.69, 9.17) is 16.9 Å². The van der Waals surface area contributed by atoms with E-state index in [0.717, 1.165) is 18.4 Å². The second kappa shape index (κ2) is 6.81. The van der Waals surface area contributed by atoms with Crippen molar-refractivity contribution in [3.63, 3.8) is 0 Å². The molecule has 1 aliphatic carbocycles. The zero-order valence-electron chi connectivity index (χ0n) is 12.8. The number of rotatable bonds is 6. The molecule has 0 amide bonds. The van der Waals surface area contributed by atoms with Crippen molar-refractivity contribution >= 4 is 27.3 Å². The summed E-state index contributed by atoms with van der Waals surface area (Å²) in [4.78, 5) is 0.266. The highest BCUT2D eigenvalue weighted by Crippen LogP contribution is 2.23.